The summed E-state index contributed by atoms with van der Waals surface area (Å²) in [5.74, 6) is -0.391. The molecule has 23 heavy (non-hydrogen) atoms. The molecule has 9 heteroatoms. The number of aromatic nitrogens is 3. The fourth-order valence-electron chi connectivity index (χ4n) is 2.85. The summed E-state index contributed by atoms with van der Waals surface area (Å²) in [5.41, 5.74) is 1.12. The highest BCUT2D eigenvalue weighted by Crippen LogP contribution is 2.26. The van der Waals surface area contributed by atoms with Crippen LogP contribution in [0.25, 0.3) is 11.0 Å². The number of hydrogen-bond donors (Lipinski definition) is 1. The Hall–Kier alpha value is -1.48. The van der Waals surface area contributed by atoms with Crippen molar-refractivity contribution >= 4 is 42.7 Å². The lowest BCUT2D eigenvalue weighted by atomic mass is 10.1. The topological polar surface area (TPSA) is 93.9 Å². The van der Waals surface area contributed by atoms with Gasteiger partial charge >= 0.3 is 0 Å². The monoisotopic (exact) mass is 400 g/mol. The van der Waals surface area contributed by atoms with E-state index in [2.05, 4.69) is 31.3 Å². The summed E-state index contributed by atoms with van der Waals surface area (Å²) in [5, 5.41) is 7.16. The number of halogens is 1. The quantitative estimate of drug-likeness (QED) is 0.845. The maximum atomic E-state index is 12.4. The van der Waals surface area contributed by atoms with Gasteiger partial charge in [-0.3, -0.25) is 14.5 Å². The summed E-state index contributed by atoms with van der Waals surface area (Å²) in [6.45, 7) is 5.71. The second-order valence-electron chi connectivity index (χ2n) is 6.47. The van der Waals surface area contributed by atoms with Crippen molar-refractivity contribution in [1.82, 2.24) is 20.1 Å². The molecule has 1 N–H and O–H groups in total. The minimum atomic E-state index is -3.02. The number of carbonyl (C=O) groups is 1. The van der Waals surface area contributed by atoms with Crippen LogP contribution in [0.1, 0.15) is 37.2 Å². The van der Waals surface area contributed by atoms with E-state index in [1.807, 2.05) is 13.8 Å². The average Bonchev–Trinajstić information content (AvgIpc) is 2.73. The molecule has 0 radical (unpaired) electrons. The van der Waals surface area contributed by atoms with E-state index in [9.17, 15) is 13.2 Å². The van der Waals surface area contributed by atoms with Crippen molar-refractivity contribution in [3.8, 4) is 0 Å². The predicted octanol–water partition coefficient (Wildman–Crippen LogP) is 1.69. The van der Waals surface area contributed by atoms with Crippen molar-refractivity contribution in [2.75, 3.05) is 11.5 Å². The molecule has 124 valence electrons. The fraction of sp³-hybridized carbons (Fsp3) is 0.500. The minimum Gasteiger partial charge on any atom is -0.345 e. The third-order valence-corrected chi connectivity index (χ3v) is 6.44. The number of rotatable bonds is 3. The zero-order valence-corrected chi connectivity index (χ0v) is 15.4. The third-order valence-electron chi connectivity index (χ3n) is 3.75. The summed E-state index contributed by atoms with van der Waals surface area (Å²) in [7, 11) is -3.02. The lowest BCUT2D eigenvalue weighted by Gasteiger charge is -2.38. The maximum Gasteiger partial charge on any atom is 0.253 e. The van der Waals surface area contributed by atoms with Gasteiger partial charge in [0.25, 0.3) is 5.91 Å². The standard InChI is InChI=1S/C14H17BrN4O3S/c1-8(2)19-10-4-9(5-16-11(10)12(15)18-19)13(20)17-14(3)6-23(21,22)7-14/h4-5,8H,6-7H2,1-3H3,(H,17,20). The van der Waals surface area contributed by atoms with E-state index < -0.39 is 15.4 Å². The molecule has 0 aromatic carbocycles. The van der Waals surface area contributed by atoms with E-state index in [4.69, 9.17) is 0 Å². The van der Waals surface area contributed by atoms with Gasteiger partial charge in [-0.05, 0) is 42.8 Å². The average molecular weight is 401 g/mol. The van der Waals surface area contributed by atoms with Crippen LogP contribution in [0, 0.1) is 0 Å². The highest BCUT2D eigenvalue weighted by atomic mass is 79.9. The maximum absolute atomic E-state index is 12.4. The van der Waals surface area contributed by atoms with Crippen LogP contribution in [-0.2, 0) is 9.84 Å². The highest BCUT2D eigenvalue weighted by Gasteiger charge is 2.45. The number of fused-ring (bicyclic) bond motifs is 1. The zero-order valence-electron chi connectivity index (χ0n) is 13.0. The van der Waals surface area contributed by atoms with Crippen LogP contribution in [0.2, 0.25) is 0 Å². The second kappa shape index (κ2) is 5.27. The van der Waals surface area contributed by atoms with Gasteiger partial charge in [-0.25, -0.2) is 8.42 Å². The number of carbonyl (C=O) groups excluding carboxylic acids is 1. The van der Waals surface area contributed by atoms with Gasteiger partial charge in [0, 0.05) is 12.2 Å². The molecule has 2 aromatic heterocycles. The number of sulfone groups is 1. The molecule has 0 saturated carbocycles. The van der Waals surface area contributed by atoms with Crippen LogP contribution in [0.5, 0.6) is 0 Å². The number of nitrogens with one attached hydrogen (secondary N) is 1. The molecule has 1 fully saturated rings. The van der Waals surface area contributed by atoms with Gasteiger partial charge in [0.05, 0.1) is 28.1 Å². The van der Waals surface area contributed by atoms with Gasteiger partial charge in [0.1, 0.15) is 5.52 Å². The largest absolute Gasteiger partial charge is 0.345 e. The summed E-state index contributed by atoms with van der Waals surface area (Å²) in [6.07, 6.45) is 1.48. The summed E-state index contributed by atoms with van der Waals surface area (Å²) < 4.78 is 25.1. The van der Waals surface area contributed by atoms with Crippen molar-refractivity contribution in [3.05, 3.63) is 22.4 Å². The zero-order chi connectivity index (χ0) is 17.0. The number of pyridine rings is 1. The van der Waals surface area contributed by atoms with E-state index in [1.165, 1.54) is 6.20 Å². The van der Waals surface area contributed by atoms with Crippen molar-refractivity contribution < 1.29 is 13.2 Å². The number of nitrogens with zero attached hydrogens (tertiary/aromatic N) is 3. The minimum absolute atomic E-state index is 0.0309. The fourth-order valence-corrected chi connectivity index (χ4v) is 5.32. The first kappa shape index (κ1) is 16.4. The second-order valence-corrected chi connectivity index (χ2v) is 9.28. The van der Waals surface area contributed by atoms with E-state index in [1.54, 1.807) is 17.7 Å². The molecule has 0 atom stereocenters. The Labute approximate surface area is 142 Å². The Balaban J connectivity index is 1.91. The molecular formula is C14H17BrN4O3S. The molecule has 1 amide bonds. The Morgan fingerprint density at radius 1 is 1.43 bits per heavy atom. The number of amides is 1. The van der Waals surface area contributed by atoms with Gasteiger partial charge in [-0.2, -0.15) is 5.10 Å². The van der Waals surface area contributed by atoms with Gasteiger partial charge < -0.3 is 5.32 Å². The molecule has 0 unspecified atom stereocenters. The van der Waals surface area contributed by atoms with Crippen molar-refractivity contribution in [3.63, 3.8) is 0 Å². The van der Waals surface area contributed by atoms with Crippen molar-refractivity contribution in [2.45, 2.75) is 32.4 Å². The van der Waals surface area contributed by atoms with E-state index in [-0.39, 0.29) is 23.5 Å². The normalized spacial score (nSPS) is 18.8. The molecule has 1 aliphatic rings. The molecule has 0 bridgehead atoms. The molecule has 1 saturated heterocycles. The Morgan fingerprint density at radius 2 is 2.09 bits per heavy atom. The summed E-state index contributed by atoms with van der Waals surface area (Å²) in [6, 6.07) is 1.85. The Morgan fingerprint density at radius 3 is 2.65 bits per heavy atom. The lowest BCUT2D eigenvalue weighted by Crippen LogP contribution is -2.63. The van der Waals surface area contributed by atoms with Crippen LogP contribution in [0.4, 0.5) is 0 Å². The van der Waals surface area contributed by atoms with Crippen LogP contribution in [0.3, 0.4) is 0 Å². The lowest BCUT2D eigenvalue weighted by molar-refractivity contribution is 0.0916. The summed E-state index contributed by atoms with van der Waals surface area (Å²) >= 11 is 3.37. The SMILES string of the molecule is CC(C)n1nc(Br)c2ncc(C(=O)NC3(C)CS(=O)(=O)C3)cc21. The highest BCUT2D eigenvalue weighted by molar-refractivity contribution is 9.10. The molecular weight excluding hydrogens is 384 g/mol. The third kappa shape index (κ3) is 2.99. The Kier molecular flexibility index (Phi) is 3.75. The molecule has 1 aliphatic heterocycles. The molecule has 3 rings (SSSR count). The van der Waals surface area contributed by atoms with Gasteiger partial charge in [0.2, 0.25) is 0 Å². The molecule has 7 nitrogen and oxygen atoms in total. The van der Waals surface area contributed by atoms with Crippen LogP contribution < -0.4 is 5.32 Å². The van der Waals surface area contributed by atoms with Gasteiger partial charge in [-0.15, -0.1) is 0 Å². The molecule has 0 aliphatic carbocycles. The van der Waals surface area contributed by atoms with E-state index >= 15 is 0 Å². The van der Waals surface area contributed by atoms with E-state index in [0.29, 0.717) is 15.7 Å². The Bertz CT molecular complexity index is 892. The molecule has 0 spiro atoms. The van der Waals surface area contributed by atoms with Crippen LogP contribution in [-0.4, -0.2) is 46.1 Å². The first-order valence-electron chi connectivity index (χ1n) is 7.17. The van der Waals surface area contributed by atoms with Crippen LogP contribution in [0.15, 0.2) is 16.9 Å². The predicted molar refractivity (Wildman–Crippen MR) is 90.1 cm³/mol. The molecule has 3 heterocycles. The molecule has 2 aromatic rings. The smallest absolute Gasteiger partial charge is 0.253 e. The first-order valence-corrected chi connectivity index (χ1v) is 9.78. The number of hydrogen-bond acceptors (Lipinski definition) is 5. The van der Waals surface area contributed by atoms with Crippen molar-refractivity contribution in [2.24, 2.45) is 0 Å². The summed E-state index contributed by atoms with van der Waals surface area (Å²) in [4.78, 5) is 16.7. The van der Waals surface area contributed by atoms with Gasteiger partial charge in [-0.1, -0.05) is 0 Å². The van der Waals surface area contributed by atoms with Crippen LogP contribution >= 0.6 is 15.9 Å². The van der Waals surface area contributed by atoms with Gasteiger partial charge in [0.15, 0.2) is 14.4 Å². The van der Waals surface area contributed by atoms with Crippen molar-refractivity contribution in [1.29, 1.82) is 0 Å². The van der Waals surface area contributed by atoms with E-state index in [0.717, 1.165) is 5.52 Å². The first-order chi connectivity index (χ1) is 10.6.